The van der Waals surface area contributed by atoms with Crippen molar-refractivity contribution in [2.24, 2.45) is 0 Å². The molecule has 100 valence electrons. The summed E-state index contributed by atoms with van der Waals surface area (Å²) in [6, 6.07) is 10.7. The fourth-order valence-corrected chi connectivity index (χ4v) is 1.95. The van der Waals surface area contributed by atoms with E-state index in [1.54, 1.807) is 6.20 Å². The number of aromatic nitrogens is 1. The molecule has 0 spiro atoms. The number of pyridine rings is 1. The molecule has 0 atom stereocenters. The molecule has 1 heterocycles. The summed E-state index contributed by atoms with van der Waals surface area (Å²) in [5.74, 6) is 0. The zero-order chi connectivity index (χ0) is 13.5. The predicted octanol–water partition coefficient (Wildman–Crippen LogP) is 4.21. The second-order valence-electron chi connectivity index (χ2n) is 4.64. The average Bonchev–Trinajstić information content (AvgIpc) is 2.47. The van der Waals surface area contributed by atoms with Gasteiger partial charge in [0.05, 0.1) is 23.8 Å². The van der Waals surface area contributed by atoms with Crippen molar-refractivity contribution < 1.29 is 0 Å². The summed E-state index contributed by atoms with van der Waals surface area (Å²) < 4.78 is 0. The predicted molar refractivity (Wildman–Crippen MR) is 82.1 cm³/mol. The van der Waals surface area contributed by atoms with Crippen molar-refractivity contribution in [3.63, 3.8) is 0 Å². The van der Waals surface area contributed by atoms with Crippen molar-refractivity contribution in [2.75, 3.05) is 17.7 Å². The van der Waals surface area contributed by atoms with Crippen molar-refractivity contribution in [1.82, 2.24) is 4.98 Å². The third-order valence-corrected chi connectivity index (χ3v) is 3.09. The van der Waals surface area contributed by atoms with Gasteiger partial charge in [-0.15, -0.1) is 0 Å². The van der Waals surface area contributed by atoms with Crippen molar-refractivity contribution in [3.05, 3.63) is 48.3 Å². The molecule has 3 heteroatoms. The van der Waals surface area contributed by atoms with E-state index in [2.05, 4.69) is 46.8 Å². The highest BCUT2D eigenvalue weighted by Crippen LogP contribution is 2.19. The lowest BCUT2D eigenvalue weighted by atomic mass is 10.1. The number of aryl methyl sites for hydroxylation is 1. The first-order valence-electron chi connectivity index (χ1n) is 6.80. The van der Waals surface area contributed by atoms with Gasteiger partial charge in [-0.1, -0.05) is 25.5 Å². The van der Waals surface area contributed by atoms with Crippen LogP contribution in [0.2, 0.25) is 0 Å². The fraction of sp³-hybridized carbons (Fsp3) is 0.312. The van der Waals surface area contributed by atoms with Crippen LogP contribution in [0.5, 0.6) is 0 Å². The quantitative estimate of drug-likeness (QED) is 0.812. The van der Waals surface area contributed by atoms with Gasteiger partial charge in [0.15, 0.2) is 0 Å². The van der Waals surface area contributed by atoms with E-state index in [-0.39, 0.29) is 0 Å². The zero-order valence-corrected chi connectivity index (χ0v) is 11.6. The van der Waals surface area contributed by atoms with E-state index in [0.717, 1.165) is 23.5 Å². The van der Waals surface area contributed by atoms with Gasteiger partial charge in [-0.2, -0.15) is 0 Å². The van der Waals surface area contributed by atoms with Gasteiger partial charge in [-0.3, -0.25) is 4.98 Å². The maximum absolute atomic E-state index is 4.18. The molecule has 0 amide bonds. The molecule has 2 aromatic rings. The minimum absolute atomic E-state index is 0.994. The first-order valence-corrected chi connectivity index (χ1v) is 6.80. The van der Waals surface area contributed by atoms with Crippen LogP contribution in [-0.2, 0) is 6.42 Å². The van der Waals surface area contributed by atoms with Gasteiger partial charge in [0.2, 0.25) is 0 Å². The molecular weight excluding hydrogens is 234 g/mol. The van der Waals surface area contributed by atoms with E-state index in [4.69, 9.17) is 0 Å². The molecule has 0 saturated heterocycles. The van der Waals surface area contributed by atoms with Crippen molar-refractivity contribution >= 4 is 17.1 Å². The molecule has 0 aliphatic rings. The standard InChI is InChI=1S/C16H21N3/c1-3-4-5-13-6-8-14(9-7-13)19-16-10-15(17-2)11-18-12-16/h6-12,17,19H,3-5H2,1-2H3. The van der Waals surface area contributed by atoms with Crippen LogP contribution in [-0.4, -0.2) is 12.0 Å². The second-order valence-corrected chi connectivity index (χ2v) is 4.64. The molecule has 0 fully saturated rings. The van der Waals surface area contributed by atoms with E-state index in [9.17, 15) is 0 Å². The monoisotopic (exact) mass is 255 g/mol. The summed E-state index contributed by atoms with van der Waals surface area (Å²) in [4.78, 5) is 4.18. The molecule has 2 rings (SSSR count). The highest BCUT2D eigenvalue weighted by molar-refractivity contribution is 5.63. The van der Waals surface area contributed by atoms with Crippen LogP contribution in [0.4, 0.5) is 17.1 Å². The molecule has 3 nitrogen and oxygen atoms in total. The molecule has 0 bridgehead atoms. The normalized spacial score (nSPS) is 10.2. The lowest BCUT2D eigenvalue weighted by molar-refractivity contribution is 0.795. The van der Waals surface area contributed by atoms with Gasteiger partial charge in [0, 0.05) is 12.7 Å². The number of benzene rings is 1. The summed E-state index contributed by atoms with van der Waals surface area (Å²) >= 11 is 0. The Kier molecular flexibility index (Phi) is 4.78. The minimum Gasteiger partial charge on any atom is -0.387 e. The van der Waals surface area contributed by atoms with Crippen molar-refractivity contribution in [1.29, 1.82) is 0 Å². The molecule has 1 aromatic heterocycles. The SMILES string of the molecule is CCCCc1ccc(Nc2cncc(NC)c2)cc1. The summed E-state index contributed by atoms with van der Waals surface area (Å²) in [5, 5.41) is 6.44. The maximum atomic E-state index is 4.18. The molecule has 2 N–H and O–H groups in total. The Hall–Kier alpha value is -2.03. The molecule has 0 aliphatic carbocycles. The van der Waals surface area contributed by atoms with E-state index in [1.807, 2.05) is 19.3 Å². The Morgan fingerprint density at radius 3 is 2.42 bits per heavy atom. The van der Waals surface area contributed by atoms with Crippen molar-refractivity contribution in [3.8, 4) is 0 Å². The lowest BCUT2D eigenvalue weighted by Crippen LogP contribution is -1.94. The van der Waals surface area contributed by atoms with Crippen LogP contribution in [0, 0.1) is 0 Å². The van der Waals surface area contributed by atoms with Crippen LogP contribution in [0.3, 0.4) is 0 Å². The average molecular weight is 255 g/mol. The summed E-state index contributed by atoms with van der Waals surface area (Å²) in [7, 11) is 1.89. The maximum Gasteiger partial charge on any atom is 0.0591 e. The van der Waals surface area contributed by atoms with Gasteiger partial charge < -0.3 is 10.6 Å². The Labute approximate surface area is 115 Å². The van der Waals surface area contributed by atoms with Gasteiger partial charge in [0.1, 0.15) is 0 Å². The first-order chi connectivity index (χ1) is 9.31. The summed E-state index contributed by atoms with van der Waals surface area (Å²) in [6.45, 7) is 2.22. The van der Waals surface area contributed by atoms with Gasteiger partial charge >= 0.3 is 0 Å². The van der Waals surface area contributed by atoms with Crippen LogP contribution in [0.15, 0.2) is 42.7 Å². The Balaban J connectivity index is 2.02. The number of unbranched alkanes of at least 4 members (excludes halogenated alkanes) is 1. The van der Waals surface area contributed by atoms with Gasteiger partial charge in [-0.25, -0.2) is 0 Å². The van der Waals surface area contributed by atoms with Gasteiger partial charge in [0.25, 0.3) is 0 Å². The van der Waals surface area contributed by atoms with E-state index < -0.39 is 0 Å². The topological polar surface area (TPSA) is 37.0 Å². The molecule has 0 saturated carbocycles. The molecule has 19 heavy (non-hydrogen) atoms. The smallest absolute Gasteiger partial charge is 0.0591 e. The third-order valence-electron chi connectivity index (χ3n) is 3.09. The molecular formula is C16H21N3. The van der Waals surface area contributed by atoms with E-state index in [1.165, 1.54) is 18.4 Å². The molecule has 0 aliphatic heterocycles. The zero-order valence-electron chi connectivity index (χ0n) is 11.6. The minimum atomic E-state index is 0.994. The molecule has 0 unspecified atom stereocenters. The number of anilines is 3. The molecule has 0 radical (unpaired) electrons. The highest BCUT2D eigenvalue weighted by atomic mass is 14.9. The van der Waals surface area contributed by atoms with Crippen LogP contribution in [0.25, 0.3) is 0 Å². The molecule has 1 aromatic carbocycles. The number of nitrogens with zero attached hydrogens (tertiary/aromatic N) is 1. The number of hydrogen-bond donors (Lipinski definition) is 2. The highest BCUT2D eigenvalue weighted by Gasteiger charge is 1.98. The fourth-order valence-electron chi connectivity index (χ4n) is 1.95. The van der Waals surface area contributed by atoms with E-state index in [0.29, 0.717) is 0 Å². The largest absolute Gasteiger partial charge is 0.387 e. The Morgan fingerprint density at radius 1 is 1.00 bits per heavy atom. The lowest BCUT2D eigenvalue weighted by Gasteiger charge is -2.08. The number of rotatable bonds is 6. The Bertz CT molecular complexity index is 506. The summed E-state index contributed by atoms with van der Waals surface area (Å²) in [6.07, 6.45) is 7.28. The van der Waals surface area contributed by atoms with Gasteiger partial charge in [-0.05, 0) is 36.6 Å². The van der Waals surface area contributed by atoms with Crippen LogP contribution < -0.4 is 10.6 Å². The van der Waals surface area contributed by atoms with Crippen LogP contribution >= 0.6 is 0 Å². The van der Waals surface area contributed by atoms with Crippen LogP contribution in [0.1, 0.15) is 25.3 Å². The van der Waals surface area contributed by atoms with Crippen molar-refractivity contribution in [2.45, 2.75) is 26.2 Å². The summed E-state index contributed by atoms with van der Waals surface area (Å²) in [5.41, 5.74) is 4.49. The third kappa shape index (κ3) is 3.98. The Morgan fingerprint density at radius 2 is 1.74 bits per heavy atom. The number of hydrogen-bond acceptors (Lipinski definition) is 3. The van der Waals surface area contributed by atoms with E-state index >= 15 is 0 Å². The number of nitrogens with one attached hydrogen (secondary N) is 2. The second kappa shape index (κ2) is 6.78. The first kappa shape index (κ1) is 13.4.